The summed E-state index contributed by atoms with van der Waals surface area (Å²) in [4.78, 5) is 16.6. The highest BCUT2D eigenvalue weighted by atomic mass is 35.5. The van der Waals surface area contributed by atoms with Crippen molar-refractivity contribution in [3.8, 4) is 11.5 Å². The van der Waals surface area contributed by atoms with Crippen LogP contribution in [0, 0.1) is 5.92 Å². The molecule has 2 heterocycles. The van der Waals surface area contributed by atoms with Crippen molar-refractivity contribution in [2.75, 3.05) is 26.2 Å². The van der Waals surface area contributed by atoms with E-state index in [-0.39, 0.29) is 11.8 Å². The van der Waals surface area contributed by atoms with Gasteiger partial charge in [-0.1, -0.05) is 23.2 Å². The fourth-order valence-corrected chi connectivity index (χ4v) is 3.90. The molecule has 0 bridgehead atoms. The molecule has 1 fully saturated rings. The summed E-state index contributed by atoms with van der Waals surface area (Å²) in [5.41, 5.74) is 0.670. The predicted molar refractivity (Wildman–Crippen MR) is 106 cm³/mol. The van der Waals surface area contributed by atoms with Gasteiger partial charge in [-0.15, -0.1) is 10.2 Å². The molecule has 0 radical (unpaired) electrons. The van der Waals surface area contributed by atoms with Crippen LogP contribution >= 0.6 is 23.2 Å². The Hall–Kier alpha value is -1.63. The first-order valence-electron chi connectivity index (χ1n) is 9.30. The molecule has 0 aliphatic carbocycles. The van der Waals surface area contributed by atoms with E-state index in [0.717, 1.165) is 39.0 Å². The molecule has 3 rings (SSSR count). The second-order valence-corrected chi connectivity index (χ2v) is 7.53. The topological polar surface area (TPSA) is 62.5 Å². The largest absolute Gasteiger partial charge is 0.419 e. The number of amides is 1. The first-order chi connectivity index (χ1) is 13.0. The Labute approximate surface area is 169 Å². The number of halogens is 2. The highest BCUT2D eigenvalue weighted by molar-refractivity contribution is 6.36. The Kier molecular flexibility index (Phi) is 6.73. The standard InChI is InChI=1S/C19H24Cl2N4O2/c1-3-25(4-2)19(26)13-7-9-24(10-8-13)12-17-22-23-18(27-17)15-6-5-14(20)11-16(15)21/h5-6,11,13H,3-4,7-10,12H2,1-2H3. The lowest BCUT2D eigenvalue weighted by atomic mass is 9.95. The quantitative estimate of drug-likeness (QED) is 0.716. The summed E-state index contributed by atoms with van der Waals surface area (Å²) in [5, 5.41) is 9.27. The Bertz CT molecular complexity index is 784. The summed E-state index contributed by atoms with van der Waals surface area (Å²) >= 11 is 12.1. The lowest BCUT2D eigenvalue weighted by molar-refractivity contribution is -0.136. The van der Waals surface area contributed by atoms with Crippen LogP contribution in [0.4, 0.5) is 0 Å². The third-order valence-electron chi connectivity index (χ3n) is 5.00. The van der Waals surface area contributed by atoms with Crippen LogP contribution in [0.5, 0.6) is 0 Å². The molecule has 1 aromatic heterocycles. The van der Waals surface area contributed by atoms with Gasteiger partial charge < -0.3 is 9.32 Å². The van der Waals surface area contributed by atoms with Gasteiger partial charge in [-0.05, 0) is 58.0 Å². The summed E-state index contributed by atoms with van der Waals surface area (Å²) < 4.78 is 5.77. The zero-order valence-corrected chi connectivity index (χ0v) is 17.1. The van der Waals surface area contributed by atoms with Crippen molar-refractivity contribution in [2.24, 2.45) is 5.92 Å². The Morgan fingerprint density at radius 3 is 2.56 bits per heavy atom. The van der Waals surface area contributed by atoms with Crippen molar-refractivity contribution < 1.29 is 9.21 Å². The highest BCUT2D eigenvalue weighted by Crippen LogP contribution is 2.30. The van der Waals surface area contributed by atoms with E-state index in [0.29, 0.717) is 33.9 Å². The van der Waals surface area contributed by atoms with Gasteiger partial charge in [0.1, 0.15) is 0 Å². The number of hydrogen-bond acceptors (Lipinski definition) is 5. The molecule has 0 saturated carbocycles. The van der Waals surface area contributed by atoms with Gasteiger partial charge in [0.2, 0.25) is 17.7 Å². The molecule has 1 aliphatic heterocycles. The molecule has 8 heteroatoms. The second-order valence-electron chi connectivity index (χ2n) is 6.69. The molecule has 2 aromatic rings. The number of hydrogen-bond donors (Lipinski definition) is 0. The zero-order chi connectivity index (χ0) is 19.4. The van der Waals surface area contributed by atoms with Gasteiger partial charge in [-0.25, -0.2) is 0 Å². The summed E-state index contributed by atoms with van der Waals surface area (Å²) in [6.45, 7) is 7.85. The van der Waals surface area contributed by atoms with Gasteiger partial charge in [0, 0.05) is 24.0 Å². The minimum absolute atomic E-state index is 0.118. The average molecular weight is 411 g/mol. The molecule has 6 nitrogen and oxygen atoms in total. The van der Waals surface area contributed by atoms with Crippen LogP contribution in [-0.4, -0.2) is 52.1 Å². The van der Waals surface area contributed by atoms with E-state index in [2.05, 4.69) is 15.1 Å². The summed E-state index contributed by atoms with van der Waals surface area (Å²) in [5.74, 6) is 1.33. The number of carbonyl (C=O) groups is 1. The summed E-state index contributed by atoms with van der Waals surface area (Å²) in [6, 6.07) is 5.16. The number of aromatic nitrogens is 2. The van der Waals surface area contributed by atoms with Gasteiger partial charge in [0.25, 0.3) is 0 Å². The molecule has 0 spiro atoms. The lowest BCUT2D eigenvalue weighted by Gasteiger charge is -2.33. The molecule has 0 atom stereocenters. The van der Waals surface area contributed by atoms with Crippen LogP contribution < -0.4 is 0 Å². The Morgan fingerprint density at radius 2 is 1.93 bits per heavy atom. The normalized spacial score (nSPS) is 15.9. The number of benzene rings is 1. The molecule has 146 valence electrons. The van der Waals surface area contributed by atoms with Gasteiger partial charge in [0.05, 0.1) is 17.1 Å². The summed E-state index contributed by atoms with van der Waals surface area (Å²) in [6.07, 6.45) is 1.72. The smallest absolute Gasteiger partial charge is 0.249 e. The first-order valence-corrected chi connectivity index (χ1v) is 10.1. The van der Waals surface area contributed by atoms with E-state index < -0.39 is 0 Å². The fourth-order valence-electron chi connectivity index (χ4n) is 3.41. The van der Waals surface area contributed by atoms with Crippen LogP contribution in [0.2, 0.25) is 10.0 Å². The van der Waals surface area contributed by atoms with E-state index in [1.165, 1.54) is 0 Å². The van der Waals surface area contributed by atoms with Gasteiger partial charge in [-0.2, -0.15) is 0 Å². The number of rotatable bonds is 6. The minimum Gasteiger partial charge on any atom is -0.419 e. The fraction of sp³-hybridized carbons (Fsp3) is 0.526. The molecule has 1 saturated heterocycles. The zero-order valence-electron chi connectivity index (χ0n) is 15.6. The minimum atomic E-state index is 0.118. The second kappa shape index (κ2) is 9.04. The van der Waals surface area contributed by atoms with Crippen molar-refractivity contribution in [3.05, 3.63) is 34.1 Å². The molecule has 0 N–H and O–H groups in total. The van der Waals surface area contributed by atoms with Crippen LogP contribution in [0.1, 0.15) is 32.6 Å². The van der Waals surface area contributed by atoms with E-state index in [4.69, 9.17) is 27.6 Å². The SMILES string of the molecule is CCN(CC)C(=O)C1CCN(Cc2nnc(-c3ccc(Cl)cc3Cl)o2)CC1. The third-order valence-corrected chi connectivity index (χ3v) is 5.55. The maximum atomic E-state index is 12.5. The highest BCUT2D eigenvalue weighted by Gasteiger charge is 2.28. The molecular weight excluding hydrogens is 387 g/mol. The van der Waals surface area contributed by atoms with E-state index in [9.17, 15) is 4.79 Å². The molecule has 0 unspecified atom stereocenters. The first kappa shape index (κ1) is 20.1. The summed E-state index contributed by atoms with van der Waals surface area (Å²) in [7, 11) is 0. The van der Waals surface area contributed by atoms with Gasteiger partial charge in [-0.3, -0.25) is 9.69 Å². The van der Waals surface area contributed by atoms with Crippen molar-refractivity contribution in [1.82, 2.24) is 20.0 Å². The van der Waals surface area contributed by atoms with Crippen molar-refractivity contribution >= 4 is 29.1 Å². The van der Waals surface area contributed by atoms with Crippen LogP contribution in [0.3, 0.4) is 0 Å². The van der Waals surface area contributed by atoms with Crippen LogP contribution in [0.15, 0.2) is 22.6 Å². The Morgan fingerprint density at radius 1 is 1.22 bits per heavy atom. The molecular formula is C19H24Cl2N4O2. The van der Waals surface area contributed by atoms with Gasteiger partial charge in [0.15, 0.2) is 0 Å². The third kappa shape index (κ3) is 4.81. The maximum Gasteiger partial charge on any atom is 0.249 e. The van der Waals surface area contributed by atoms with Crippen molar-refractivity contribution in [1.29, 1.82) is 0 Å². The van der Waals surface area contributed by atoms with E-state index >= 15 is 0 Å². The van der Waals surface area contributed by atoms with E-state index in [1.54, 1.807) is 18.2 Å². The monoisotopic (exact) mass is 410 g/mol. The molecule has 27 heavy (non-hydrogen) atoms. The van der Waals surface area contributed by atoms with Crippen LogP contribution in [0.25, 0.3) is 11.5 Å². The number of carbonyl (C=O) groups excluding carboxylic acids is 1. The predicted octanol–water partition coefficient (Wildman–Crippen LogP) is 4.12. The van der Waals surface area contributed by atoms with E-state index in [1.807, 2.05) is 18.7 Å². The van der Waals surface area contributed by atoms with Crippen molar-refractivity contribution in [2.45, 2.75) is 33.2 Å². The molecule has 1 aromatic carbocycles. The average Bonchev–Trinajstić information content (AvgIpc) is 3.11. The number of likely N-dealkylation sites (tertiary alicyclic amines) is 1. The van der Waals surface area contributed by atoms with Crippen LogP contribution in [-0.2, 0) is 11.3 Å². The maximum absolute atomic E-state index is 12.5. The molecule has 1 aliphatic rings. The Balaban J connectivity index is 1.57. The van der Waals surface area contributed by atoms with Crippen molar-refractivity contribution in [3.63, 3.8) is 0 Å². The number of nitrogens with zero attached hydrogens (tertiary/aromatic N) is 4. The van der Waals surface area contributed by atoms with Gasteiger partial charge >= 0.3 is 0 Å². The number of piperidine rings is 1. The lowest BCUT2D eigenvalue weighted by Crippen LogP contribution is -2.42. The molecule has 1 amide bonds.